The monoisotopic (exact) mass is 302 g/mol. The number of nitrogens with one attached hydrogen (secondary N) is 2. The van der Waals surface area contributed by atoms with E-state index in [1.165, 1.54) is 12.3 Å². The van der Waals surface area contributed by atoms with Gasteiger partial charge in [0.15, 0.2) is 0 Å². The molecule has 3 rings (SSSR count). The summed E-state index contributed by atoms with van der Waals surface area (Å²) in [6, 6.07) is 3.50. The molecule has 1 aromatic heterocycles. The van der Waals surface area contributed by atoms with Gasteiger partial charge >= 0.3 is 0 Å². The van der Waals surface area contributed by atoms with E-state index in [1.807, 2.05) is 6.07 Å². The van der Waals surface area contributed by atoms with Crippen molar-refractivity contribution in [3.05, 3.63) is 23.5 Å². The van der Waals surface area contributed by atoms with Crippen LogP contribution in [0.15, 0.2) is 12.3 Å². The van der Waals surface area contributed by atoms with Gasteiger partial charge in [-0.05, 0) is 12.5 Å². The fourth-order valence-corrected chi connectivity index (χ4v) is 3.49. The number of ether oxygens (including phenoxy) is 1. The van der Waals surface area contributed by atoms with Gasteiger partial charge < -0.3 is 19.9 Å². The van der Waals surface area contributed by atoms with E-state index in [4.69, 9.17) is 10.00 Å². The number of carbonyl (C=O) groups is 2. The standard InChI is InChI=1S/C15H18N4O3/c1-17-14(21)15-2-3-22-8-11(15)7-19(9-15)13(20)10-4-12(5-16)18-6-10/h4,6,11,18H,2-3,7-9H2,1H3,(H,17,21)/t11-,15+/m1/s1. The zero-order chi connectivity index (χ0) is 15.7. The lowest BCUT2D eigenvalue weighted by Gasteiger charge is -2.36. The first-order valence-electron chi connectivity index (χ1n) is 7.28. The third-order valence-corrected chi connectivity index (χ3v) is 4.72. The fraction of sp³-hybridized carbons (Fsp3) is 0.533. The SMILES string of the molecule is CNC(=O)[C@]12CCOC[C@H]1CN(C(=O)c1c[nH]c(C#N)c1)C2. The van der Waals surface area contributed by atoms with Crippen molar-refractivity contribution in [2.24, 2.45) is 11.3 Å². The Hall–Kier alpha value is -2.33. The normalized spacial score (nSPS) is 27.1. The molecule has 2 fully saturated rings. The lowest BCUT2D eigenvalue weighted by atomic mass is 9.73. The summed E-state index contributed by atoms with van der Waals surface area (Å²) in [6.07, 6.45) is 2.16. The number of H-pyrrole nitrogens is 1. The number of carbonyl (C=O) groups excluding carboxylic acids is 2. The Labute approximate surface area is 128 Å². The minimum Gasteiger partial charge on any atom is -0.381 e. The number of hydrogen-bond donors (Lipinski definition) is 2. The van der Waals surface area contributed by atoms with Crippen LogP contribution in [0.3, 0.4) is 0 Å². The molecule has 0 bridgehead atoms. The van der Waals surface area contributed by atoms with Crippen LogP contribution < -0.4 is 5.32 Å². The predicted octanol–water partition coefficient (Wildman–Crippen LogP) is 0.111. The molecule has 7 nitrogen and oxygen atoms in total. The van der Waals surface area contributed by atoms with Crippen LogP contribution in [-0.2, 0) is 9.53 Å². The summed E-state index contributed by atoms with van der Waals surface area (Å²) < 4.78 is 5.49. The van der Waals surface area contributed by atoms with Gasteiger partial charge in [-0.15, -0.1) is 0 Å². The van der Waals surface area contributed by atoms with E-state index in [9.17, 15) is 9.59 Å². The van der Waals surface area contributed by atoms with Crippen molar-refractivity contribution < 1.29 is 14.3 Å². The molecule has 22 heavy (non-hydrogen) atoms. The Balaban J connectivity index is 1.84. The molecule has 3 heterocycles. The Morgan fingerprint density at radius 2 is 2.41 bits per heavy atom. The molecular weight excluding hydrogens is 284 g/mol. The minimum atomic E-state index is -0.559. The van der Waals surface area contributed by atoms with Crippen LogP contribution in [0.2, 0.25) is 0 Å². The summed E-state index contributed by atoms with van der Waals surface area (Å²) in [7, 11) is 1.62. The quantitative estimate of drug-likeness (QED) is 0.810. The molecule has 7 heteroatoms. The second-order valence-corrected chi connectivity index (χ2v) is 5.86. The number of nitriles is 1. The topological polar surface area (TPSA) is 98.2 Å². The van der Waals surface area contributed by atoms with Crippen LogP contribution in [0.1, 0.15) is 22.5 Å². The van der Waals surface area contributed by atoms with E-state index in [-0.39, 0.29) is 17.7 Å². The number of rotatable bonds is 2. The number of hydrogen-bond acceptors (Lipinski definition) is 4. The van der Waals surface area contributed by atoms with Crippen LogP contribution in [0, 0.1) is 22.7 Å². The third-order valence-electron chi connectivity index (χ3n) is 4.72. The molecule has 2 aliphatic rings. The second kappa shape index (κ2) is 5.46. The van der Waals surface area contributed by atoms with Crippen LogP contribution in [0.5, 0.6) is 0 Å². The maximum Gasteiger partial charge on any atom is 0.255 e. The lowest BCUT2D eigenvalue weighted by molar-refractivity contribution is -0.138. The zero-order valence-electron chi connectivity index (χ0n) is 12.4. The van der Waals surface area contributed by atoms with Gasteiger partial charge in [0.2, 0.25) is 5.91 Å². The molecule has 0 radical (unpaired) electrons. The average molecular weight is 302 g/mol. The molecule has 0 aromatic carbocycles. The average Bonchev–Trinajstić information content (AvgIpc) is 3.18. The summed E-state index contributed by atoms with van der Waals surface area (Å²) in [5.41, 5.74) is 0.240. The maximum absolute atomic E-state index is 12.6. The Bertz CT molecular complexity index is 647. The molecule has 1 aromatic rings. The minimum absolute atomic E-state index is 0.0135. The molecule has 2 amide bonds. The Kier molecular flexibility index (Phi) is 3.62. The summed E-state index contributed by atoms with van der Waals surface area (Å²) in [4.78, 5) is 29.4. The smallest absolute Gasteiger partial charge is 0.255 e. The Morgan fingerprint density at radius 1 is 1.59 bits per heavy atom. The lowest BCUT2D eigenvalue weighted by Crippen LogP contribution is -2.49. The van der Waals surface area contributed by atoms with Crippen molar-refractivity contribution in [1.82, 2.24) is 15.2 Å². The number of aromatic nitrogens is 1. The van der Waals surface area contributed by atoms with Crippen molar-refractivity contribution in [2.75, 3.05) is 33.4 Å². The van der Waals surface area contributed by atoms with Crippen molar-refractivity contribution in [2.45, 2.75) is 6.42 Å². The van der Waals surface area contributed by atoms with E-state index in [1.54, 1.807) is 11.9 Å². The van der Waals surface area contributed by atoms with Gasteiger partial charge in [0, 0.05) is 38.9 Å². The molecule has 0 unspecified atom stereocenters. The number of fused-ring (bicyclic) bond motifs is 1. The second-order valence-electron chi connectivity index (χ2n) is 5.86. The van der Waals surface area contributed by atoms with Crippen LogP contribution in [0.4, 0.5) is 0 Å². The fourth-order valence-electron chi connectivity index (χ4n) is 3.49. The van der Waals surface area contributed by atoms with Gasteiger partial charge in [0.1, 0.15) is 11.8 Å². The molecule has 0 spiro atoms. The van der Waals surface area contributed by atoms with E-state index in [0.29, 0.717) is 44.0 Å². The van der Waals surface area contributed by atoms with Crippen molar-refractivity contribution in [3.63, 3.8) is 0 Å². The summed E-state index contributed by atoms with van der Waals surface area (Å²) in [5.74, 6) is -0.169. The molecular formula is C15H18N4O3. The molecule has 0 aliphatic carbocycles. The van der Waals surface area contributed by atoms with E-state index in [2.05, 4.69) is 10.3 Å². The highest BCUT2D eigenvalue weighted by molar-refractivity contribution is 5.95. The largest absolute Gasteiger partial charge is 0.381 e. The summed E-state index contributed by atoms with van der Waals surface area (Å²) >= 11 is 0. The summed E-state index contributed by atoms with van der Waals surface area (Å²) in [5, 5.41) is 11.6. The highest BCUT2D eigenvalue weighted by Crippen LogP contribution is 2.42. The van der Waals surface area contributed by atoms with Gasteiger partial charge in [-0.3, -0.25) is 9.59 Å². The summed E-state index contributed by atoms with van der Waals surface area (Å²) in [6.45, 7) is 1.92. The van der Waals surface area contributed by atoms with Crippen molar-refractivity contribution in [3.8, 4) is 6.07 Å². The molecule has 2 N–H and O–H groups in total. The maximum atomic E-state index is 12.6. The number of amides is 2. The first-order valence-corrected chi connectivity index (χ1v) is 7.28. The van der Waals surface area contributed by atoms with E-state index < -0.39 is 5.41 Å². The van der Waals surface area contributed by atoms with Crippen molar-refractivity contribution in [1.29, 1.82) is 5.26 Å². The molecule has 2 atom stereocenters. The first kappa shape index (κ1) is 14.6. The highest BCUT2D eigenvalue weighted by Gasteiger charge is 2.54. The van der Waals surface area contributed by atoms with Crippen LogP contribution >= 0.6 is 0 Å². The van der Waals surface area contributed by atoms with Crippen LogP contribution in [0.25, 0.3) is 0 Å². The van der Waals surface area contributed by atoms with E-state index >= 15 is 0 Å². The van der Waals surface area contributed by atoms with Gasteiger partial charge in [0.05, 0.1) is 17.6 Å². The van der Waals surface area contributed by atoms with Gasteiger partial charge in [-0.2, -0.15) is 5.26 Å². The molecule has 0 saturated carbocycles. The number of likely N-dealkylation sites (tertiary alicyclic amines) is 1. The van der Waals surface area contributed by atoms with Gasteiger partial charge in [-0.1, -0.05) is 0 Å². The zero-order valence-corrected chi connectivity index (χ0v) is 12.4. The molecule has 116 valence electrons. The highest BCUT2D eigenvalue weighted by atomic mass is 16.5. The third kappa shape index (κ3) is 2.16. The van der Waals surface area contributed by atoms with Crippen molar-refractivity contribution >= 4 is 11.8 Å². The number of aromatic amines is 1. The Morgan fingerprint density at radius 3 is 3.09 bits per heavy atom. The van der Waals surface area contributed by atoms with Gasteiger partial charge in [0.25, 0.3) is 5.91 Å². The van der Waals surface area contributed by atoms with Gasteiger partial charge in [-0.25, -0.2) is 0 Å². The van der Waals surface area contributed by atoms with Crippen LogP contribution in [-0.4, -0.2) is 55.0 Å². The van der Waals surface area contributed by atoms with E-state index in [0.717, 1.165) is 0 Å². The number of nitrogens with zero attached hydrogens (tertiary/aromatic N) is 2. The molecule has 2 aliphatic heterocycles. The predicted molar refractivity (Wildman–Crippen MR) is 76.8 cm³/mol. The molecule has 2 saturated heterocycles. The first-order chi connectivity index (χ1) is 10.6.